The van der Waals surface area contributed by atoms with E-state index in [2.05, 4.69) is 10.0 Å². The third kappa shape index (κ3) is 7.37. The monoisotopic (exact) mass is 581 g/mol. The second kappa shape index (κ2) is 11.4. The minimum atomic E-state index is -4.62. The van der Waals surface area contributed by atoms with Gasteiger partial charge in [-0.15, -0.1) is 0 Å². The van der Waals surface area contributed by atoms with E-state index in [0.717, 1.165) is 12.1 Å². The van der Waals surface area contributed by atoms with Gasteiger partial charge in [0.2, 0.25) is 15.9 Å². The molecule has 3 aromatic rings. The number of halogens is 3. The highest BCUT2D eigenvalue weighted by molar-refractivity contribution is 7.92. The minimum absolute atomic E-state index is 0.109. The first-order chi connectivity index (χ1) is 18.3. The van der Waals surface area contributed by atoms with Gasteiger partial charge in [0.25, 0.3) is 10.0 Å². The van der Waals surface area contributed by atoms with Gasteiger partial charge in [-0.3, -0.25) is 9.52 Å². The molecule has 1 saturated heterocycles. The quantitative estimate of drug-likeness (QED) is 0.401. The van der Waals surface area contributed by atoms with Gasteiger partial charge in [0.05, 0.1) is 16.2 Å². The van der Waals surface area contributed by atoms with Gasteiger partial charge in [-0.1, -0.05) is 36.4 Å². The lowest BCUT2D eigenvalue weighted by Gasteiger charge is -2.30. The molecule has 1 amide bonds. The van der Waals surface area contributed by atoms with E-state index >= 15 is 0 Å². The Balaban J connectivity index is 1.32. The molecule has 0 saturated carbocycles. The number of nitrogens with one attached hydrogen (secondary N) is 2. The van der Waals surface area contributed by atoms with Gasteiger partial charge in [-0.25, -0.2) is 21.1 Å². The second-order valence-electron chi connectivity index (χ2n) is 9.11. The van der Waals surface area contributed by atoms with Crippen LogP contribution < -0.4 is 10.0 Å². The van der Waals surface area contributed by atoms with E-state index in [-0.39, 0.29) is 35.3 Å². The highest BCUT2D eigenvalue weighted by atomic mass is 32.2. The van der Waals surface area contributed by atoms with Crippen LogP contribution in [0.1, 0.15) is 24.0 Å². The van der Waals surface area contributed by atoms with Crippen molar-refractivity contribution in [2.75, 3.05) is 23.1 Å². The summed E-state index contributed by atoms with van der Waals surface area (Å²) < 4.78 is 93.0. The molecule has 1 aliphatic rings. The maximum absolute atomic E-state index is 12.9. The standard InChI is InChI=1S/C26H26F3N3O5S2/c27-26(28,29)21-7-4-8-23(17-21)31-39(36,37)24-11-9-22(10-12-24)30-25(33)20-13-15-32(16-14-20)38(34,35)18-19-5-2-1-3-6-19/h1-12,17,20,31H,13-16,18H2,(H,30,33). The van der Waals surface area contributed by atoms with E-state index in [0.29, 0.717) is 30.2 Å². The summed E-state index contributed by atoms with van der Waals surface area (Å²) in [6.07, 6.45) is -3.94. The number of rotatable bonds is 8. The Morgan fingerprint density at radius 1 is 0.846 bits per heavy atom. The molecule has 39 heavy (non-hydrogen) atoms. The first-order valence-corrected chi connectivity index (χ1v) is 15.1. The highest BCUT2D eigenvalue weighted by Gasteiger charge is 2.32. The molecule has 4 rings (SSSR count). The summed E-state index contributed by atoms with van der Waals surface area (Å²) in [6.45, 7) is 0.428. The van der Waals surface area contributed by atoms with Gasteiger partial charge in [-0.05, 0) is 60.9 Å². The van der Waals surface area contributed by atoms with Crippen LogP contribution >= 0.6 is 0 Å². The van der Waals surface area contributed by atoms with E-state index in [1.165, 1.54) is 34.6 Å². The first kappa shape index (κ1) is 28.6. The van der Waals surface area contributed by atoms with Crippen molar-refractivity contribution >= 4 is 37.3 Å². The van der Waals surface area contributed by atoms with Gasteiger partial charge in [-0.2, -0.15) is 13.2 Å². The third-order valence-corrected chi connectivity index (χ3v) is 9.53. The largest absolute Gasteiger partial charge is 0.416 e. The summed E-state index contributed by atoms with van der Waals surface area (Å²) in [7, 11) is -7.69. The molecular formula is C26H26F3N3O5S2. The summed E-state index contributed by atoms with van der Waals surface area (Å²) in [5.41, 5.74) is -0.204. The predicted molar refractivity (Wildman–Crippen MR) is 141 cm³/mol. The van der Waals surface area contributed by atoms with Crippen LogP contribution in [0, 0.1) is 5.92 Å². The molecule has 0 unspecified atom stereocenters. The first-order valence-electron chi connectivity index (χ1n) is 12.0. The maximum atomic E-state index is 12.9. The van der Waals surface area contributed by atoms with E-state index in [4.69, 9.17) is 0 Å². The van der Waals surface area contributed by atoms with Crippen LogP contribution in [-0.2, 0) is 36.8 Å². The van der Waals surface area contributed by atoms with Crippen molar-refractivity contribution in [3.63, 3.8) is 0 Å². The van der Waals surface area contributed by atoms with Crippen LogP contribution in [0.5, 0.6) is 0 Å². The molecule has 0 atom stereocenters. The zero-order valence-corrected chi connectivity index (χ0v) is 22.2. The zero-order chi connectivity index (χ0) is 28.3. The average Bonchev–Trinajstić information content (AvgIpc) is 2.89. The van der Waals surface area contributed by atoms with E-state index in [1.54, 1.807) is 24.3 Å². The number of hydrogen-bond acceptors (Lipinski definition) is 5. The van der Waals surface area contributed by atoms with Crippen LogP contribution in [0.15, 0.2) is 83.8 Å². The lowest BCUT2D eigenvalue weighted by molar-refractivity contribution is -0.137. The molecule has 1 fully saturated rings. The molecule has 0 radical (unpaired) electrons. The Morgan fingerprint density at radius 3 is 2.10 bits per heavy atom. The molecule has 1 aliphatic heterocycles. The summed E-state index contributed by atoms with van der Waals surface area (Å²) in [4.78, 5) is 12.6. The van der Waals surface area contributed by atoms with Crippen molar-refractivity contribution < 1.29 is 34.8 Å². The van der Waals surface area contributed by atoms with Gasteiger partial charge >= 0.3 is 6.18 Å². The number of carbonyl (C=O) groups is 1. The molecule has 208 valence electrons. The molecule has 8 nitrogen and oxygen atoms in total. The normalized spacial score (nSPS) is 15.6. The molecule has 2 N–H and O–H groups in total. The smallest absolute Gasteiger partial charge is 0.326 e. The second-order valence-corrected chi connectivity index (χ2v) is 12.8. The maximum Gasteiger partial charge on any atom is 0.416 e. The molecule has 1 heterocycles. The molecule has 0 bridgehead atoms. The number of alkyl halides is 3. The Labute approximate surface area is 224 Å². The summed E-state index contributed by atoms with van der Waals surface area (Å²) in [5, 5.41) is 2.71. The van der Waals surface area contributed by atoms with Crippen molar-refractivity contribution in [2.45, 2.75) is 29.7 Å². The van der Waals surface area contributed by atoms with Crippen molar-refractivity contribution in [3.05, 3.63) is 90.0 Å². The Hall–Kier alpha value is -3.42. The predicted octanol–water partition coefficient (Wildman–Crippen LogP) is 4.69. The Bertz CT molecular complexity index is 1520. The van der Waals surface area contributed by atoms with E-state index in [9.17, 15) is 34.8 Å². The zero-order valence-electron chi connectivity index (χ0n) is 20.6. The van der Waals surface area contributed by atoms with Crippen molar-refractivity contribution in [2.24, 2.45) is 5.92 Å². The molecule has 0 aliphatic carbocycles. The van der Waals surface area contributed by atoms with Gasteiger partial charge in [0.15, 0.2) is 0 Å². The summed E-state index contributed by atoms with van der Waals surface area (Å²) >= 11 is 0. The number of benzene rings is 3. The fourth-order valence-electron chi connectivity index (χ4n) is 4.21. The van der Waals surface area contributed by atoms with Gasteiger partial charge in [0.1, 0.15) is 0 Å². The lowest BCUT2D eigenvalue weighted by Crippen LogP contribution is -2.41. The van der Waals surface area contributed by atoms with Crippen molar-refractivity contribution in [3.8, 4) is 0 Å². The van der Waals surface area contributed by atoms with E-state index in [1.807, 2.05) is 6.07 Å². The van der Waals surface area contributed by atoms with Crippen LogP contribution in [0.2, 0.25) is 0 Å². The SMILES string of the molecule is O=C(Nc1ccc(S(=O)(=O)Nc2cccc(C(F)(F)F)c2)cc1)C1CCN(S(=O)(=O)Cc2ccccc2)CC1. The summed E-state index contributed by atoms with van der Waals surface area (Å²) in [5.74, 6) is -0.838. The molecular weight excluding hydrogens is 555 g/mol. The number of piperidine rings is 1. The van der Waals surface area contributed by atoms with Gasteiger partial charge < -0.3 is 5.32 Å². The fourth-order valence-corrected chi connectivity index (χ4v) is 6.82. The number of anilines is 2. The molecule has 0 aromatic heterocycles. The van der Waals surface area contributed by atoms with Gasteiger partial charge in [0, 0.05) is 30.4 Å². The van der Waals surface area contributed by atoms with Crippen LogP contribution in [0.4, 0.5) is 24.5 Å². The average molecular weight is 582 g/mol. The number of hydrogen-bond donors (Lipinski definition) is 2. The number of sulfonamides is 2. The van der Waals surface area contributed by atoms with E-state index < -0.39 is 37.7 Å². The molecule has 13 heteroatoms. The molecule has 0 spiro atoms. The molecule has 3 aromatic carbocycles. The Kier molecular flexibility index (Phi) is 8.33. The fraction of sp³-hybridized carbons (Fsp3) is 0.269. The third-order valence-electron chi connectivity index (χ3n) is 6.28. The van der Waals surface area contributed by atoms with Crippen LogP contribution in [0.25, 0.3) is 0 Å². The number of amides is 1. The minimum Gasteiger partial charge on any atom is -0.326 e. The van der Waals surface area contributed by atoms with Crippen LogP contribution in [0.3, 0.4) is 0 Å². The number of nitrogens with zero attached hydrogens (tertiary/aromatic N) is 1. The Morgan fingerprint density at radius 2 is 1.49 bits per heavy atom. The lowest BCUT2D eigenvalue weighted by atomic mass is 9.97. The van der Waals surface area contributed by atoms with Crippen molar-refractivity contribution in [1.82, 2.24) is 4.31 Å². The number of carbonyl (C=O) groups excluding carboxylic acids is 1. The highest BCUT2D eigenvalue weighted by Crippen LogP contribution is 2.31. The topological polar surface area (TPSA) is 113 Å². The summed E-state index contributed by atoms with van der Waals surface area (Å²) in [6, 6.07) is 17.9. The van der Waals surface area contributed by atoms with Crippen molar-refractivity contribution in [1.29, 1.82) is 0 Å². The van der Waals surface area contributed by atoms with Crippen LogP contribution in [-0.4, -0.2) is 40.1 Å².